The number of ether oxygens (including phenoxy) is 1. The number of piperazine rings is 1. The number of carbonyl (C=O) groups excluding carboxylic acids is 4. The van der Waals surface area contributed by atoms with Gasteiger partial charge >= 0.3 is 12.1 Å². The van der Waals surface area contributed by atoms with Gasteiger partial charge in [-0.05, 0) is 25.1 Å². The van der Waals surface area contributed by atoms with Crippen LogP contribution in [0.15, 0.2) is 18.2 Å². The van der Waals surface area contributed by atoms with E-state index in [9.17, 15) is 19.2 Å². The van der Waals surface area contributed by atoms with E-state index in [2.05, 4.69) is 10.3 Å². The van der Waals surface area contributed by atoms with Crippen molar-refractivity contribution in [1.29, 1.82) is 0 Å². The Kier molecular flexibility index (Phi) is 5.53. The van der Waals surface area contributed by atoms with E-state index in [0.29, 0.717) is 49.1 Å². The molecule has 4 rings (SSSR count). The standard InChI is InChI=1S/C19H21N5O5S/c1-2-29-19(28)23-9-7-22(8-10-23)17(27)20-12-3-4-13-14(11-12)30-18(21-13)24-15(25)5-6-16(24)26/h3-4,11H,2,5-10H2,1H3,(H,20,27). The molecule has 0 unspecified atom stereocenters. The van der Waals surface area contributed by atoms with Crippen molar-refractivity contribution in [3.05, 3.63) is 18.2 Å². The van der Waals surface area contributed by atoms with Crippen LogP contribution in [-0.4, -0.2) is 71.5 Å². The van der Waals surface area contributed by atoms with Gasteiger partial charge in [-0.25, -0.2) is 19.5 Å². The van der Waals surface area contributed by atoms with Crippen LogP contribution in [0.4, 0.5) is 20.4 Å². The van der Waals surface area contributed by atoms with E-state index in [1.54, 1.807) is 34.9 Å². The number of amides is 5. The number of fused-ring (bicyclic) bond motifs is 1. The highest BCUT2D eigenvalue weighted by atomic mass is 32.1. The van der Waals surface area contributed by atoms with Gasteiger partial charge in [0.1, 0.15) is 0 Å². The Morgan fingerprint density at radius 2 is 1.77 bits per heavy atom. The second-order valence-corrected chi connectivity index (χ2v) is 7.91. The summed E-state index contributed by atoms with van der Waals surface area (Å²) < 4.78 is 5.75. The summed E-state index contributed by atoms with van der Waals surface area (Å²) in [5.41, 5.74) is 1.25. The maximum atomic E-state index is 12.6. The van der Waals surface area contributed by atoms with Crippen molar-refractivity contribution in [1.82, 2.24) is 14.8 Å². The predicted molar refractivity (Wildman–Crippen MR) is 111 cm³/mol. The molecule has 2 fully saturated rings. The fourth-order valence-electron chi connectivity index (χ4n) is 3.39. The fraction of sp³-hybridized carbons (Fsp3) is 0.421. The summed E-state index contributed by atoms with van der Waals surface area (Å²) >= 11 is 1.24. The van der Waals surface area contributed by atoms with Crippen molar-refractivity contribution in [2.45, 2.75) is 19.8 Å². The highest BCUT2D eigenvalue weighted by Crippen LogP contribution is 2.33. The van der Waals surface area contributed by atoms with Crippen LogP contribution in [0.25, 0.3) is 10.2 Å². The summed E-state index contributed by atoms with van der Waals surface area (Å²) in [5, 5.41) is 3.21. The molecule has 5 amide bonds. The number of carbonyl (C=O) groups is 4. The molecular weight excluding hydrogens is 410 g/mol. The molecule has 3 heterocycles. The van der Waals surface area contributed by atoms with E-state index >= 15 is 0 Å². The van der Waals surface area contributed by atoms with Crippen molar-refractivity contribution in [3.8, 4) is 0 Å². The zero-order chi connectivity index (χ0) is 21.3. The third kappa shape index (κ3) is 3.92. The SMILES string of the molecule is CCOC(=O)N1CCN(C(=O)Nc2ccc3nc(N4C(=O)CCC4=O)sc3c2)CC1. The Morgan fingerprint density at radius 1 is 1.10 bits per heavy atom. The molecule has 0 atom stereocenters. The maximum absolute atomic E-state index is 12.6. The van der Waals surface area contributed by atoms with E-state index in [0.717, 1.165) is 9.60 Å². The number of nitrogens with zero attached hydrogens (tertiary/aromatic N) is 4. The lowest BCUT2D eigenvalue weighted by Gasteiger charge is -2.33. The average Bonchev–Trinajstić information content (AvgIpc) is 3.30. The number of anilines is 2. The number of hydrogen-bond donors (Lipinski definition) is 1. The van der Waals surface area contributed by atoms with Crippen LogP contribution in [0, 0.1) is 0 Å². The number of aromatic nitrogens is 1. The van der Waals surface area contributed by atoms with E-state index in [1.807, 2.05) is 0 Å². The Labute approximate surface area is 176 Å². The zero-order valence-corrected chi connectivity index (χ0v) is 17.2. The van der Waals surface area contributed by atoms with Crippen LogP contribution in [0.5, 0.6) is 0 Å². The molecule has 30 heavy (non-hydrogen) atoms. The lowest BCUT2D eigenvalue weighted by molar-refractivity contribution is -0.121. The molecule has 10 nitrogen and oxygen atoms in total. The minimum Gasteiger partial charge on any atom is -0.450 e. The Hall–Kier alpha value is -3.21. The largest absolute Gasteiger partial charge is 0.450 e. The van der Waals surface area contributed by atoms with Gasteiger partial charge in [0.05, 0.1) is 16.8 Å². The first-order valence-electron chi connectivity index (χ1n) is 9.70. The van der Waals surface area contributed by atoms with Gasteiger partial charge in [0.25, 0.3) is 0 Å². The van der Waals surface area contributed by atoms with Crippen molar-refractivity contribution in [2.24, 2.45) is 0 Å². The minimum atomic E-state index is -0.362. The van der Waals surface area contributed by atoms with Crippen LogP contribution in [0.2, 0.25) is 0 Å². The van der Waals surface area contributed by atoms with Gasteiger partial charge < -0.3 is 19.9 Å². The van der Waals surface area contributed by atoms with Crippen LogP contribution < -0.4 is 10.2 Å². The molecule has 2 aliphatic rings. The van der Waals surface area contributed by atoms with Crippen molar-refractivity contribution in [2.75, 3.05) is 43.0 Å². The molecule has 0 radical (unpaired) electrons. The fourth-order valence-corrected chi connectivity index (χ4v) is 4.42. The zero-order valence-electron chi connectivity index (χ0n) is 16.4. The van der Waals surface area contributed by atoms with Crippen LogP contribution in [-0.2, 0) is 14.3 Å². The number of hydrogen-bond acceptors (Lipinski definition) is 7. The van der Waals surface area contributed by atoms with Gasteiger partial charge in [0.15, 0.2) is 5.13 Å². The molecule has 1 aromatic carbocycles. The lowest BCUT2D eigenvalue weighted by Crippen LogP contribution is -2.51. The smallest absolute Gasteiger partial charge is 0.409 e. The van der Waals surface area contributed by atoms with Gasteiger partial charge in [0.2, 0.25) is 11.8 Å². The summed E-state index contributed by atoms with van der Waals surface area (Å²) in [5.74, 6) is -0.482. The topological polar surface area (TPSA) is 112 Å². The molecule has 1 N–H and O–H groups in total. The highest BCUT2D eigenvalue weighted by Gasteiger charge is 2.32. The third-order valence-corrected chi connectivity index (χ3v) is 5.97. The molecule has 0 aliphatic carbocycles. The number of thiazole rings is 1. The van der Waals surface area contributed by atoms with Crippen molar-refractivity contribution >= 4 is 56.3 Å². The number of urea groups is 1. The number of imide groups is 1. The summed E-state index contributed by atoms with van der Waals surface area (Å²) in [6.07, 6.45) is 0.0536. The van der Waals surface area contributed by atoms with Crippen LogP contribution in [0.1, 0.15) is 19.8 Å². The van der Waals surface area contributed by atoms with E-state index in [-0.39, 0.29) is 36.8 Å². The molecule has 2 aliphatic heterocycles. The molecule has 11 heteroatoms. The summed E-state index contributed by atoms with van der Waals surface area (Å²) in [6, 6.07) is 4.99. The number of benzene rings is 1. The van der Waals surface area contributed by atoms with E-state index < -0.39 is 0 Å². The molecule has 0 saturated carbocycles. The van der Waals surface area contributed by atoms with E-state index in [4.69, 9.17) is 4.74 Å². The summed E-state index contributed by atoms with van der Waals surface area (Å²) in [7, 11) is 0. The van der Waals surface area contributed by atoms with Gasteiger partial charge in [0, 0.05) is 44.7 Å². The lowest BCUT2D eigenvalue weighted by atomic mass is 10.3. The summed E-state index contributed by atoms with van der Waals surface area (Å²) in [6.45, 7) is 3.74. The molecule has 2 aromatic rings. The monoisotopic (exact) mass is 431 g/mol. The molecular formula is C19H21N5O5S. The first-order chi connectivity index (χ1) is 14.5. The first kappa shape index (κ1) is 20.1. The molecule has 0 bridgehead atoms. The molecule has 158 valence electrons. The Morgan fingerprint density at radius 3 is 2.43 bits per heavy atom. The predicted octanol–water partition coefficient (Wildman–Crippen LogP) is 2.26. The van der Waals surface area contributed by atoms with Crippen molar-refractivity contribution in [3.63, 3.8) is 0 Å². The normalized spacial score (nSPS) is 17.0. The quantitative estimate of drug-likeness (QED) is 0.746. The van der Waals surface area contributed by atoms with E-state index in [1.165, 1.54) is 11.3 Å². The van der Waals surface area contributed by atoms with Gasteiger partial charge in [-0.3, -0.25) is 9.59 Å². The number of nitrogens with one attached hydrogen (secondary N) is 1. The molecule has 2 saturated heterocycles. The Balaban J connectivity index is 1.40. The van der Waals surface area contributed by atoms with Crippen LogP contribution in [0.3, 0.4) is 0 Å². The summed E-state index contributed by atoms with van der Waals surface area (Å²) in [4.78, 5) is 56.9. The maximum Gasteiger partial charge on any atom is 0.409 e. The highest BCUT2D eigenvalue weighted by molar-refractivity contribution is 7.22. The average molecular weight is 431 g/mol. The van der Waals surface area contributed by atoms with Crippen LogP contribution >= 0.6 is 11.3 Å². The van der Waals surface area contributed by atoms with Gasteiger partial charge in [-0.1, -0.05) is 11.3 Å². The first-order valence-corrected chi connectivity index (χ1v) is 10.5. The second-order valence-electron chi connectivity index (χ2n) is 6.90. The van der Waals surface area contributed by atoms with Crippen molar-refractivity contribution < 1.29 is 23.9 Å². The van der Waals surface area contributed by atoms with Gasteiger partial charge in [-0.15, -0.1) is 0 Å². The Bertz CT molecular complexity index is 998. The number of rotatable bonds is 3. The van der Waals surface area contributed by atoms with Gasteiger partial charge in [-0.2, -0.15) is 0 Å². The third-order valence-electron chi connectivity index (χ3n) is 4.96. The minimum absolute atomic E-state index is 0.208. The molecule has 0 spiro atoms. The second kappa shape index (κ2) is 8.27. The molecule has 1 aromatic heterocycles.